The lowest BCUT2D eigenvalue weighted by atomic mass is 9.30. The van der Waals surface area contributed by atoms with Crippen molar-refractivity contribution in [2.24, 2.45) is 0 Å². The van der Waals surface area contributed by atoms with Crippen LogP contribution >= 0.6 is 0 Å². The van der Waals surface area contributed by atoms with Gasteiger partial charge in [-0.25, -0.2) is 0 Å². The maximum absolute atomic E-state index is 2.68. The normalized spacial score (nSPS) is 15.5. The maximum atomic E-state index is 2.68. The first kappa shape index (κ1) is 27.8. The second-order valence-electron chi connectivity index (χ2n) is 15.0. The lowest BCUT2D eigenvalue weighted by molar-refractivity contribution is 0.644. The van der Waals surface area contributed by atoms with E-state index in [4.69, 9.17) is 0 Å². The number of nitrogens with zero attached hydrogens (tertiary/aromatic N) is 2. The molecule has 0 saturated heterocycles. The predicted molar refractivity (Wildman–Crippen MR) is 203 cm³/mol. The largest absolute Gasteiger partial charge is 0.310 e. The van der Waals surface area contributed by atoms with Crippen LogP contribution in [0.15, 0.2) is 133 Å². The molecule has 0 bridgehead atoms. The van der Waals surface area contributed by atoms with E-state index >= 15 is 0 Å². The first-order valence-electron chi connectivity index (χ1n) is 17.2. The molecule has 0 spiro atoms. The molecule has 10 rings (SSSR count). The molecule has 48 heavy (non-hydrogen) atoms. The third-order valence-electron chi connectivity index (χ3n) is 11.6. The molecule has 0 unspecified atom stereocenters. The van der Waals surface area contributed by atoms with Crippen molar-refractivity contribution in [1.29, 1.82) is 0 Å². The number of hydrogen-bond donors (Lipinski definition) is 0. The van der Waals surface area contributed by atoms with Crippen molar-refractivity contribution in [2.45, 2.75) is 45.4 Å². The fourth-order valence-electron chi connectivity index (χ4n) is 9.63. The number of rotatable bonds is 3. The molecule has 7 aromatic rings. The van der Waals surface area contributed by atoms with Crippen molar-refractivity contribution in [3.8, 4) is 16.9 Å². The second-order valence-corrected chi connectivity index (χ2v) is 15.0. The Bertz CT molecular complexity index is 2430. The molecule has 1 aromatic heterocycles. The van der Waals surface area contributed by atoms with Gasteiger partial charge in [-0.3, -0.25) is 0 Å². The zero-order chi connectivity index (χ0) is 32.5. The molecule has 0 amide bonds. The Morgan fingerprint density at radius 1 is 0.583 bits per heavy atom. The minimum atomic E-state index is -0.189. The van der Waals surface area contributed by atoms with Gasteiger partial charge in [0.05, 0.1) is 16.9 Å². The SMILES string of the molecule is Cc1cc2c3c(c1)C(C)(C)c1ccccc1B3c1ccc(N(c3ccccc3)c3ccccc3)c3c4c(n-2c13)-c1ccccc1C4(C)C. The smallest absolute Gasteiger partial charge is 0.247 e. The monoisotopic (exact) mass is 616 g/mol. The van der Waals surface area contributed by atoms with Gasteiger partial charge in [-0.1, -0.05) is 130 Å². The highest BCUT2D eigenvalue weighted by Gasteiger charge is 2.49. The molecule has 0 radical (unpaired) electrons. The van der Waals surface area contributed by atoms with Crippen LogP contribution in [-0.4, -0.2) is 11.3 Å². The van der Waals surface area contributed by atoms with Gasteiger partial charge in [0, 0.05) is 38.8 Å². The Hall–Kier alpha value is -5.28. The van der Waals surface area contributed by atoms with Crippen molar-refractivity contribution in [2.75, 3.05) is 4.90 Å². The molecule has 1 aliphatic carbocycles. The molecular weight excluding hydrogens is 579 g/mol. The van der Waals surface area contributed by atoms with Crippen molar-refractivity contribution in [3.05, 3.63) is 161 Å². The van der Waals surface area contributed by atoms with Crippen LogP contribution < -0.4 is 21.3 Å². The van der Waals surface area contributed by atoms with Crippen molar-refractivity contribution in [1.82, 2.24) is 4.57 Å². The van der Waals surface area contributed by atoms with Crippen LogP contribution in [0.3, 0.4) is 0 Å². The zero-order valence-electron chi connectivity index (χ0n) is 28.2. The summed E-state index contributed by atoms with van der Waals surface area (Å²) in [6, 6.07) is 49.9. The number of para-hydroxylation sites is 2. The van der Waals surface area contributed by atoms with Crippen LogP contribution in [0.5, 0.6) is 0 Å². The highest BCUT2D eigenvalue weighted by atomic mass is 15.1. The van der Waals surface area contributed by atoms with Gasteiger partial charge in [0.2, 0.25) is 6.71 Å². The molecule has 0 fully saturated rings. The molecule has 3 heteroatoms. The molecule has 0 N–H and O–H groups in total. The summed E-state index contributed by atoms with van der Waals surface area (Å²) >= 11 is 0. The van der Waals surface area contributed by atoms with E-state index < -0.39 is 0 Å². The molecule has 2 aliphatic heterocycles. The number of fused-ring (bicyclic) bond motifs is 9. The van der Waals surface area contributed by atoms with Gasteiger partial charge in [-0.2, -0.15) is 0 Å². The summed E-state index contributed by atoms with van der Waals surface area (Å²) in [6.07, 6.45) is 0. The summed E-state index contributed by atoms with van der Waals surface area (Å²) in [5.41, 5.74) is 20.0. The summed E-state index contributed by atoms with van der Waals surface area (Å²) < 4.78 is 2.68. The Morgan fingerprint density at radius 3 is 1.92 bits per heavy atom. The van der Waals surface area contributed by atoms with E-state index in [1.807, 2.05) is 0 Å². The molecule has 2 nitrogen and oxygen atoms in total. The fourth-order valence-corrected chi connectivity index (χ4v) is 9.63. The minimum Gasteiger partial charge on any atom is -0.310 e. The second kappa shape index (κ2) is 9.42. The minimum absolute atomic E-state index is 0.106. The lowest BCUT2D eigenvalue weighted by Gasteiger charge is -2.42. The van der Waals surface area contributed by atoms with Crippen LogP contribution in [-0.2, 0) is 10.8 Å². The zero-order valence-corrected chi connectivity index (χ0v) is 28.2. The average Bonchev–Trinajstić information content (AvgIpc) is 3.58. The number of benzene rings is 6. The quantitative estimate of drug-likeness (QED) is 0.180. The number of aromatic nitrogens is 1. The standard InChI is InChI=1S/C45H37BN2/c1-28-26-34-41-38(27-28)48-42-31-20-12-13-21-32(31)45(4,5)40(42)39-37(47(29-16-8-6-9-17-29)30-18-10-7-11-19-30)25-24-36(43(39)48)46(41)35-23-15-14-22-33(35)44(34,2)3/h6-27H,1-5H3. The number of aryl methyl sites for hydroxylation is 1. The molecule has 3 heterocycles. The Labute approximate surface area is 283 Å². The van der Waals surface area contributed by atoms with Gasteiger partial charge >= 0.3 is 0 Å². The summed E-state index contributed by atoms with van der Waals surface area (Å²) in [5.74, 6) is 0. The highest BCUT2D eigenvalue weighted by Crippen LogP contribution is 2.57. The molecular formula is C45H37BN2. The van der Waals surface area contributed by atoms with E-state index in [-0.39, 0.29) is 17.5 Å². The molecule has 0 saturated carbocycles. The molecule has 0 atom stereocenters. The van der Waals surface area contributed by atoms with Gasteiger partial charge in [0.15, 0.2) is 0 Å². The van der Waals surface area contributed by atoms with E-state index in [1.54, 1.807) is 0 Å². The van der Waals surface area contributed by atoms with E-state index in [0.29, 0.717) is 0 Å². The maximum Gasteiger partial charge on any atom is 0.247 e. The van der Waals surface area contributed by atoms with Crippen LogP contribution in [0.4, 0.5) is 17.1 Å². The fraction of sp³-hybridized carbons (Fsp3) is 0.156. The van der Waals surface area contributed by atoms with E-state index in [1.165, 1.54) is 77.7 Å². The molecule has 230 valence electrons. The van der Waals surface area contributed by atoms with Gasteiger partial charge < -0.3 is 9.47 Å². The Balaban J connectivity index is 1.43. The summed E-state index contributed by atoms with van der Waals surface area (Å²) in [7, 11) is 0. The Morgan fingerprint density at radius 2 is 1.21 bits per heavy atom. The third-order valence-corrected chi connectivity index (χ3v) is 11.6. The first-order chi connectivity index (χ1) is 23.3. The van der Waals surface area contributed by atoms with Gasteiger partial charge in [-0.05, 0) is 82.1 Å². The van der Waals surface area contributed by atoms with Gasteiger partial charge in [0.1, 0.15) is 0 Å². The van der Waals surface area contributed by atoms with Crippen LogP contribution in [0.25, 0.3) is 27.8 Å². The van der Waals surface area contributed by atoms with E-state index in [2.05, 4.69) is 178 Å². The first-order valence-corrected chi connectivity index (χ1v) is 17.2. The summed E-state index contributed by atoms with van der Waals surface area (Å²) in [5, 5.41) is 1.35. The lowest BCUT2D eigenvalue weighted by Crippen LogP contribution is -2.63. The van der Waals surface area contributed by atoms with Gasteiger partial charge in [0.25, 0.3) is 0 Å². The third kappa shape index (κ3) is 3.39. The van der Waals surface area contributed by atoms with Crippen LogP contribution in [0.1, 0.15) is 55.5 Å². The van der Waals surface area contributed by atoms with Crippen molar-refractivity contribution in [3.63, 3.8) is 0 Å². The molecule has 6 aromatic carbocycles. The average molecular weight is 617 g/mol. The van der Waals surface area contributed by atoms with Crippen LogP contribution in [0, 0.1) is 6.92 Å². The van der Waals surface area contributed by atoms with Gasteiger partial charge in [-0.15, -0.1) is 0 Å². The van der Waals surface area contributed by atoms with E-state index in [9.17, 15) is 0 Å². The Kier molecular flexibility index (Phi) is 5.45. The predicted octanol–water partition coefficient (Wildman–Crippen LogP) is 9.18. The highest BCUT2D eigenvalue weighted by molar-refractivity contribution is 6.99. The van der Waals surface area contributed by atoms with Crippen molar-refractivity contribution < 1.29 is 0 Å². The molecule has 3 aliphatic rings. The number of anilines is 3. The van der Waals surface area contributed by atoms with Crippen molar-refractivity contribution >= 4 is 51.1 Å². The number of hydrogen-bond acceptors (Lipinski definition) is 1. The topological polar surface area (TPSA) is 8.17 Å². The summed E-state index contributed by atoms with van der Waals surface area (Å²) in [4.78, 5) is 2.47. The van der Waals surface area contributed by atoms with Crippen LogP contribution in [0.2, 0.25) is 0 Å². The van der Waals surface area contributed by atoms with E-state index in [0.717, 1.165) is 11.4 Å². The summed E-state index contributed by atoms with van der Waals surface area (Å²) in [6.45, 7) is 12.1.